The summed E-state index contributed by atoms with van der Waals surface area (Å²) in [6.07, 6.45) is -3.47. The molecular formula is C12H12FNO4. The zero-order valence-electron chi connectivity index (χ0n) is 9.41. The van der Waals surface area contributed by atoms with Gasteiger partial charge in [0.15, 0.2) is 12.4 Å². The summed E-state index contributed by atoms with van der Waals surface area (Å²) in [5.41, 5.74) is 1.06. The molecule has 0 aliphatic carbocycles. The molecule has 1 aliphatic heterocycles. The molecule has 0 bridgehead atoms. The van der Waals surface area contributed by atoms with E-state index in [4.69, 9.17) is 5.11 Å². The summed E-state index contributed by atoms with van der Waals surface area (Å²) in [6, 6.07) is 4.52. The standard InChI is InChI=1S/C12H12FNO4/c13-9-3-1-2-7-4-14(5-8(7)9)12(18)11(17)10(16)6-15/h1-3,6,10-11,16-17H,4-5H2/t10-,11+/m0/s1. The summed E-state index contributed by atoms with van der Waals surface area (Å²) < 4.78 is 13.4. The normalized spacial score (nSPS) is 17.2. The van der Waals surface area contributed by atoms with Crippen LogP contribution in [0.1, 0.15) is 11.1 Å². The second-order valence-corrected chi connectivity index (χ2v) is 4.14. The number of carbonyl (C=O) groups excluding carboxylic acids is 2. The van der Waals surface area contributed by atoms with E-state index in [1.807, 2.05) is 0 Å². The summed E-state index contributed by atoms with van der Waals surface area (Å²) in [4.78, 5) is 23.3. The van der Waals surface area contributed by atoms with Crippen molar-refractivity contribution in [2.24, 2.45) is 0 Å². The van der Waals surface area contributed by atoms with Gasteiger partial charge in [0.25, 0.3) is 5.91 Å². The molecule has 0 unspecified atom stereocenters. The van der Waals surface area contributed by atoms with E-state index in [2.05, 4.69) is 0 Å². The molecule has 2 N–H and O–H groups in total. The van der Waals surface area contributed by atoms with Gasteiger partial charge < -0.3 is 19.9 Å². The number of aliphatic hydroxyl groups excluding tert-OH is 2. The maximum atomic E-state index is 13.4. The zero-order valence-corrected chi connectivity index (χ0v) is 9.41. The van der Waals surface area contributed by atoms with Crippen LogP contribution in [0.25, 0.3) is 0 Å². The van der Waals surface area contributed by atoms with Gasteiger partial charge in [-0.25, -0.2) is 4.39 Å². The zero-order chi connectivity index (χ0) is 13.3. The van der Waals surface area contributed by atoms with Crippen molar-refractivity contribution in [3.63, 3.8) is 0 Å². The fourth-order valence-electron chi connectivity index (χ4n) is 1.94. The van der Waals surface area contributed by atoms with Crippen LogP contribution in [0.3, 0.4) is 0 Å². The quantitative estimate of drug-likeness (QED) is 0.718. The van der Waals surface area contributed by atoms with E-state index in [-0.39, 0.29) is 19.4 Å². The highest BCUT2D eigenvalue weighted by molar-refractivity contribution is 5.85. The number of fused-ring (bicyclic) bond motifs is 1. The summed E-state index contributed by atoms with van der Waals surface area (Å²) in [5.74, 6) is -1.20. The van der Waals surface area contributed by atoms with Gasteiger partial charge in [-0.05, 0) is 11.6 Å². The van der Waals surface area contributed by atoms with E-state index in [9.17, 15) is 19.1 Å². The number of nitrogens with zero attached hydrogens (tertiary/aromatic N) is 1. The number of hydrogen-bond donors (Lipinski definition) is 2. The first-order valence-corrected chi connectivity index (χ1v) is 5.41. The monoisotopic (exact) mass is 253 g/mol. The molecule has 0 radical (unpaired) electrons. The lowest BCUT2D eigenvalue weighted by molar-refractivity contribution is -0.149. The number of rotatable bonds is 3. The number of aldehydes is 1. The topological polar surface area (TPSA) is 77.8 Å². The molecule has 96 valence electrons. The van der Waals surface area contributed by atoms with Gasteiger partial charge in [0.2, 0.25) is 0 Å². The van der Waals surface area contributed by atoms with Crippen LogP contribution in [0.4, 0.5) is 4.39 Å². The minimum atomic E-state index is -1.81. The number of aliphatic hydroxyl groups is 2. The predicted octanol–water partition coefficient (Wildman–Crippen LogP) is -0.411. The Labute approximate surface area is 102 Å². The molecule has 0 saturated carbocycles. The smallest absolute Gasteiger partial charge is 0.255 e. The van der Waals surface area contributed by atoms with Gasteiger partial charge in [-0.1, -0.05) is 12.1 Å². The van der Waals surface area contributed by atoms with Crippen molar-refractivity contribution in [1.82, 2.24) is 4.90 Å². The van der Waals surface area contributed by atoms with E-state index >= 15 is 0 Å². The van der Waals surface area contributed by atoms with Gasteiger partial charge in [0.05, 0.1) is 0 Å². The summed E-state index contributed by atoms with van der Waals surface area (Å²) in [5, 5.41) is 18.5. The van der Waals surface area contributed by atoms with Crippen LogP contribution in [0.5, 0.6) is 0 Å². The van der Waals surface area contributed by atoms with Crippen molar-refractivity contribution < 1.29 is 24.2 Å². The van der Waals surface area contributed by atoms with Crippen LogP contribution in [0.2, 0.25) is 0 Å². The molecule has 0 aromatic heterocycles. The van der Waals surface area contributed by atoms with Gasteiger partial charge in [-0.3, -0.25) is 4.79 Å². The minimum Gasteiger partial charge on any atom is -0.382 e. The SMILES string of the molecule is O=C[C@H](O)[C@@H](O)C(=O)N1Cc2cccc(F)c2C1. The van der Waals surface area contributed by atoms with Crippen LogP contribution in [-0.4, -0.2) is 39.5 Å². The Morgan fingerprint density at radius 3 is 2.72 bits per heavy atom. The third-order valence-electron chi connectivity index (χ3n) is 2.95. The fraction of sp³-hybridized carbons (Fsp3) is 0.333. The third-order valence-corrected chi connectivity index (χ3v) is 2.95. The van der Waals surface area contributed by atoms with Crippen molar-refractivity contribution in [1.29, 1.82) is 0 Å². The van der Waals surface area contributed by atoms with Gasteiger partial charge in [0.1, 0.15) is 11.9 Å². The van der Waals surface area contributed by atoms with E-state index < -0.39 is 23.9 Å². The van der Waals surface area contributed by atoms with Crippen LogP contribution in [0.15, 0.2) is 18.2 Å². The van der Waals surface area contributed by atoms with Crippen molar-refractivity contribution in [3.05, 3.63) is 35.1 Å². The van der Waals surface area contributed by atoms with Crippen LogP contribution in [-0.2, 0) is 22.7 Å². The largest absolute Gasteiger partial charge is 0.382 e. The lowest BCUT2D eigenvalue weighted by atomic mass is 10.1. The highest BCUT2D eigenvalue weighted by atomic mass is 19.1. The van der Waals surface area contributed by atoms with Gasteiger partial charge in [0, 0.05) is 18.7 Å². The molecule has 18 heavy (non-hydrogen) atoms. The van der Waals surface area contributed by atoms with Crippen molar-refractivity contribution in [3.8, 4) is 0 Å². The lowest BCUT2D eigenvalue weighted by Gasteiger charge is -2.20. The molecule has 0 saturated heterocycles. The van der Waals surface area contributed by atoms with E-state index in [1.165, 1.54) is 11.0 Å². The van der Waals surface area contributed by atoms with Gasteiger partial charge >= 0.3 is 0 Å². The number of hydrogen-bond acceptors (Lipinski definition) is 4. The number of carbonyl (C=O) groups is 2. The molecule has 2 atom stereocenters. The molecule has 0 spiro atoms. The van der Waals surface area contributed by atoms with E-state index in [0.717, 1.165) is 0 Å². The average Bonchev–Trinajstić information content (AvgIpc) is 2.81. The summed E-state index contributed by atoms with van der Waals surface area (Å²) >= 11 is 0. The Balaban J connectivity index is 2.14. The molecular weight excluding hydrogens is 241 g/mol. The average molecular weight is 253 g/mol. The maximum Gasteiger partial charge on any atom is 0.255 e. The summed E-state index contributed by atoms with van der Waals surface area (Å²) in [7, 11) is 0. The predicted molar refractivity (Wildman–Crippen MR) is 58.7 cm³/mol. The highest BCUT2D eigenvalue weighted by Gasteiger charge is 2.32. The van der Waals surface area contributed by atoms with Crippen LogP contribution < -0.4 is 0 Å². The van der Waals surface area contributed by atoms with E-state index in [1.54, 1.807) is 12.1 Å². The molecule has 2 rings (SSSR count). The molecule has 1 heterocycles. The van der Waals surface area contributed by atoms with Crippen LogP contribution in [0, 0.1) is 5.82 Å². The number of benzene rings is 1. The number of amides is 1. The Kier molecular flexibility index (Phi) is 3.40. The van der Waals surface area contributed by atoms with Crippen molar-refractivity contribution >= 4 is 12.2 Å². The first-order chi connectivity index (χ1) is 8.54. The van der Waals surface area contributed by atoms with Crippen molar-refractivity contribution in [2.45, 2.75) is 25.3 Å². The maximum absolute atomic E-state index is 13.4. The molecule has 0 fully saturated rings. The first-order valence-electron chi connectivity index (χ1n) is 5.41. The minimum absolute atomic E-state index is 0.0312. The van der Waals surface area contributed by atoms with Gasteiger partial charge in [-0.2, -0.15) is 0 Å². The Morgan fingerprint density at radius 2 is 2.11 bits per heavy atom. The fourth-order valence-corrected chi connectivity index (χ4v) is 1.94. The second kappa shape index (κ2) is 4.83. The molecule has 6 heteroatoms. The van der Waals surface area contributed by atoms with Gasteiger partial charge in [-0.15, -0.1) is 0 Å². The molecule has 1 aromatic rings. The third kappa shape index (κ3) is 2.12. The van der Waals surface area contributed by atoms with Crippen molar-refractivity contribution in [2.75, 3.05) is 0 Å². The lowest BCUT2D eigenvalue weighted by Crippen LogP contribution is -2.43. The number of halogens is 1. The Hall–Kier alpha value is -1.79. The molecule has 1 aliphatic rings. The highest BCUT2D eigenvalue weighted by Crippen LogP contribution is 2.25. The van der Waals surface area contributed by atoms with Crippen LogP contribution >= 0.6 is 0 Å². The Morgan fingerprint density at radius 1 is 1.39 bits per heavy atom. The van der Waals surface area contributed by atoms with E-state index in [0.29, 0.717) is 11.1 Å². The summed E-state index contributed by atoms with van der Waals surface area (Å²) in [6.45, 7) is 0.193. The first kappa shape index (κ1) is 12.7. The molecule has 1 amide bonds. The second-order valence-electron chi connectivity index (χ2n) is 4.14. The Bertz CT molecular complexity index is 491. The molecule has 5 nitrogen and oxygen atoms in total. The molecule has 1 aromatic carbocycles.